The molecular formula is C13H14N4O2S2. The molecule has 0 saturated carbocycles. The Balaban J connectivity index is 1.51. The highest BCUT2D eigenvalue weighted by Crippen LogP contribution is 2.20. The molecule has 1 aromatic heterocycles. The van der Waals surface area contributed by atoms with Crippen molar-refractivity contribution in [2.24, 2.45) is 4.99 Å². The summed E-state index contributed by atoms with van der Waals surface area (Å²) < 4.78 is 0. The summed E-state index contributed by atoms with van der Waals surface area (Å²) in [6.07, 6.45) is 3.97. The van der Waals surface area contributed by atoms with Crippen molar-refractivity contribution in [2.75, 3.05) is 25.4 Å². The van der Waals surface area contributed by atoms with Crippen LogP contribution in [0.15, 0.2) is 28.0 Å². The fraction of sp³-hybridized carbons (Fsp3) is 0.385. The first-order chi connectivity index (χ1) is 10.2. The summed E-state index contributed by atoms with van der Waals surface area (Å²) in [7, 11) is 0. The van der Waals surface area contributed by atoms with Gasteiger partial charge in [-0.1, -0.05) is 12.2 Å². The van der Waals surface area contributed by atoms with Gasteiger partial charge in [0.1, 0.15) is 11.7 Å². The van der Waals surface area contributed by atoms with E-state index in [-0.39, 0.29) is 17.9 Å². The Bertz CT molecular complexity index is 589. The number of carbonyl (C=O) groups excluding carboxylic acids is 2. The molecule has 1 aromatic rings. The van der Waals surface area contributed by atoms with Crippen LogP contribution in [0.1, 0.15) is 10.5 Å². The Morgan fingerprint density at radius 3 is 2.90 bits per heavy atom. The van der Waals surface area contributed by atoms with Gasteiger partial charge in [0.25, 0.3) is 5.91 Å². The van der Waals surface area contributed by atoms with Crippen LogP contribution >= 0.6 is 23.1 Å². The van der Waals surface area contributed by atoms with Crippen LogP contribution in [-0.2, 0) is 4.79 Å². The van der Waals surface area contributed by atoms with Crippen molar-refractivity contribution in [1.82, 2.24) is 15.2 Å². The number of thioether (sulfide) groups is 1. The fourth-order valence-electron chi connectivity index (χ4n) is 2.09. The number of thiazole rings is 1. The van der Waals surface area contributed by atoms with Gasteiger partial charge in [0.15, 0.2) is 0 Å². The standard InChI is InChI=1S/C13H14N4O2S2/c18-12(9-6-20-8-15-9)14-5-11-16-10(7-21-11)13(19)17-3-1-2-4-17/h1-2,6,8,10H,3-5,7H2,(H,14,18)/t10-/m1/s1. The summed E-state index contributed by atoms with van der Waals surface area (Å²) in [6, 6.07) is -0.318. The number of aliphatic imine (C=N–C) groups is 1. The van der Waals surface area contributed by atoms with Crippen molar-refractivity contribution in [1.29, 1.82) is 0 Å². The molecule has 2 aliphatic rings. The van der Waals surface area contributed by atoms with E-state index in [2.05, 4.69) is 15.3 Å². The summed E-state index contributed by atoms with van der Waals surface area (Å²) in [4.78, 5) is 34.1. The molecule has 0 saturated heterocycles. The Kier molecular flexibility index (Phi) is 4.35. The summed E-state index contributed by atoms with van der Waals surface area (Å²) in [5.41, 5.74) is 2.04. The van der Waals surface area contributed by atoms with Crippen molar-refractivity contribution in [2.45, 2.75) is 6.04 Å². The van der Waals surface area contributed by atoms with Crippen LogP contribution < -0.4 is 5.32 Å². The second-order valence-electron chi connectivity index (χ2n) is 4.62. The number of amides is 2. The first-order valence-electron chi connectivity index (χ1n) is 6.53. The third-order valence-corrected chi connectivity index (χ3v) is 4.84. The van der Waals surface area contributed by atoms with Crippen molar-refractivity contribution < 1.29 is 9.59 Å². The average Bonchev–Trinajstić information content (AvgIpc) is 3.26. The first kappa shape index (κ1) is 14.3. The molecule has 110 valence electrons. The number of nitrogens with one attached hydrogen (secondary N) is 1. The van der Waals surface area contributed by atoms with E-state index in [9.17, 15) is 9.59 Å². The molecular weight excluding hydrogens is 308 g/mol. The van der Waals surface area contributed by atoms with Gasteiger partial charge in [0, 0.05) is 24.2 Å². The molecule has 8 heteroatoms. The minimum Gasteiger partial charge on any atom is -0.344 e. The lowest BCUT2D eigenvalue weighted by molar-refractivity contribution is -0.130. The van der Waals surface area contributed by atoms with Crippen LogP contribution in [-0.4, -0.2) is 58.2 Å². The van der Waals surface area contributed by atoms with Gasteiger partial charge in [-0.2, -0.15) is 0 Å². The third kappa shape index (κ3) is 3.33. The van der Waals surface area contributed by atoms with Crippen LogP contribution in [0.5, 0.6) is 0 Å². The molecule has 0 aromatic carbocycles. The smallest absolute Gasteiger partial charge is 0.271 e. The lowest BCUT2D eigenvalue weighted by Gasteiger charge is -2.17. The summed E-state index contributed by atoms with van der Waals surface area (Å²) in [6.45, 7) is 1.69. The highest BCUT2D eigenvalue weighted by atomic mass is 32.2. The van der Waals surface area contributed by atoms with Gasteiger partial charge in [0.2, 0.25) is 5.91 Å². The average molecular weight is 322 g/mol. The molecule has 1 atom stereocenters. The quantitative estimate of drug-likeness (QED) is 0.832. The number of aromatic nitrogens is 1. The number of hydrogen-bond donors (Lipinski definition) is 1. The van der Waals surface area contributed by atoms with Gasteiger partial charge in [-0.3, -0.25) is 14.6 Å². The molecule has 2 amide bonds. The number of carbonyl (C=O) groups is 2. The zero-order valence-electron chi connectivity index (χ0n) is 11.2. The number of nitrogens with zero attached hydrogens (tertiary/aromatic N) is 3. The van der Waals surface area contributed by atoms with E-state index in [1.165, 1.54) is 23.1 Å². The van der Waals surface area contributed by atoms with Gasteiger partial charge >= 0.3 is 0 Å². The van der Waals surface area contributed by atoms with Crippen LogP contribution in [0.3, 0.4) is 0 Å². The molecule has 0 aliphatic carbocycles. The minimum atomic E-state index is -0.318. The normalized spacial score (nSPS) is 20.7. The topological polar surface area (TPSA) is 74.7 Å². The highest BCUT2D eigenvalue weighted by molar-refractivity contribution is 8.14. The van der Waals surface area contributed by atoms with Gasteiger partial charge in [0.05, 0.1) is 17.1 Å². The van der Waals surface area contributed by atoms with E-state index in [1.807, 2.05) is 12.2 Å². The van der Waals surface area contributed by atoms with Gasteiger partial charge < -0.3 is 10.2 Å². The van der Waals surface area contributed by atoms with E-state index < -0.39 is 0 Å². The zero-order chi connectivity index (χ0) is 14.7. The van der Waals surface area contributed by atoms with Crippen molar-refractivity contribution in [3.63, 3.8) is 0 Å². The fourth-order valence-corrected chi connectivity index (χ4v) is 3.56. The predicted octanol–water partition coefficient (Wildman–Crippen LogP) is 0.785. The van der Waals surface area contributed by atoms with Crippen molar-refractivity contribution in [3.8, 4) is 0 Å². The van der Waals surface area contributed by atoms with E-state index in [0.717, 1.165) is 5.04 Å². The van der Waals surface area contributed by atoms with E-state index in [4.69, 9.17) is 0 Å². The van der Waals surface area contributed by atoms with Gasteiger partial charge in [-0.15, -0.1) is 23.1 Å². The third-order valence-electron chi connectivity index (χ3n) is 3.19. The molecule has 2 aliphatic heterocycles. The summed E-state index contributed by atoms with van der Waals surface area (Å²) in [5, 5.41) is 5.27. The molecule has 6 nitrogen and oxygen atoms in total. The van der Waals surface area contributed by atoms with Crippen molar-refractivity contribution >= 4 is 40.0 Å². The van der Waals surface area contributed by atoms with Crippen LogP contribution in [0, 0.1) is 0 Å². The van der Waals surface area contributed by atoms with Crippen LogP contribution in [0.4, 0.5) is 0 Å². The maximum Gasteiger partial charge on any atom is 0.271 e. The first-order valence-corrected chi connectivity index (χ1v) is 8.46. The molecule has 0 fully saturated rings. The Morgan fingerprint density at radius 1 is 1.38 bits per heavy atom. The predicted molar refractivity (Wildman–Crippen MR) is 83.8 cm³/mol. The minimum absolute atomic E-state index is 0.0633. The second-order valence-corrected chi connectivity index (χ2v) is 6.43. The molecule has 21 heavy (non-hydrogen) atoms. The number of hydrogen-bond acceptors (Lipinski definition) is 6. The van der Waals surface area contributed by atoms with Gasteiger partial charge in [-0.05, 0) is 0 Å². The maximum absolute atomic E-state index is 12.2. The maximum atomic E-state index is 12.2. The monoisotopic (exact) mass is 322 g/mol. The van der Waals surface area contributed by atoms with Crippen LogP contribution in [0.25, 0.3) is 0 Å². The SMILES string of the molecule is O=C(NCC1=N[C@@H](C(=O)N2CC=CC2)CS1)c1cscn1. The highest BCUT2D eigenvalue weighted by Gasteiger charge is 2.29. The molecule has 0 spiro atoms. The molecule has 0 bridgehead atoms. The Labute approximate surface area is 130 Å². The molecule has 3 heterocycles. The summed E-state index contributed by atoms with van der Waals surface area (Å²) in [5.74, 6) is 0.503. The van der Waals surface area contributed by atoms with E-state index >= 15 is 0 Å². The molecule has 3 rings (SSSR count). The largest absolute Gasteiger partial charge is 0.344 e. The van der Waals surface area contributed by atoms with E-state index in [0.29, 0.717) is 31.1 Å². The Hall–Kier alpha value is -1.67. The van der Waals surface area contributed by atoms with Crippen LogP contribution in [0.2, 0.25) is 0 Å². The lowest BCUT2D eigenvalue weighted by atomic mass is 10.3. The van der Waals surface area contributed by atoms with E-state index in [1.54, 1.807) is 15.8 Å². The number of rotatable bonds is 4. The molecule has 0 radical (unpaired) electrons. The second kappa shape index (κ2) is 6.40. The zero-order valence-corrected chi connectivity index (χ0v) is 12.8. The van der Waals surface area contributed by atoms with Crippen molar-refractivity contribution in [3.05, 3.63) is 28.7 Å². The molecule has 0 unspecified atom stereocenters. The Morgan fingerprint density at radius 2 is 2.19 bits per heavy atom. The summed E-state index contributed by atoms with van der Waals surface area (Å²) >= 11 is 2.91. The molecule has 1 N–H and O–H groups in total. The van der Waals surface area contributed by atoms with Gasteiger partial charge in [-0.25, -0.2) is 4.98 Å². The lowest BCUT2D eigenvalue weighted by Crippen LogP contribution is -2.36.